The molecule has 4 atom stereocenters. The molecule has 0 saturated heterocycles. The van der Waals surface area contributed by atoms with Crippen molar-refractivity contribution in [1.82, 2.24) is 0 Å². The predicted octanol–water partition coefficient (Wildman–Crippen LogP) is 6.37. The number of hydrogen-bond acceptors (Lipinski definition) is 5. The van der Waals surface area contributed by atoms with E-state index in [2.05, 4.69) is 0 Å². The molecule has 2 N–H and O–H groups in total. The van der Waals surface area contributed by atoms with E-state index in [0.29, 0.717) is 19.3 Å². The van der Waals surface area contributed by atoms with Crippen LogP contribution in [0.1, 0.15) is 124 Å². The number of esters is 1. The highest BCUT2D eigenvalue weighted by Crippen LogP contribution is 2.38. The molecule has 1 fully saturated rings. The molecule has 0 bridgehead atoms. The summed E-state index contributed by atoms with van der Waals surface area (Å²) in [5.74, 6) is -3.90. The van der Waals surface area contributed by atoms with Crippen LogP contribution in [0.2, 0.25) is 0 Å². The highest BCUT2D eigenvalue weighted by molar-refractivity contribution is 5.84. The summed E-state index contributed by atoms with van der Waals surface area (Å²) in [6, 6.07) is 0. The van der Waals surface area contributed by atoms with Gasteiger partial charge in [-0.1, -0.05) is 58.3 Å². The SMILES string of the molecule is CCCCCCC(F)(F)[C@H](O)CC[C@@H]1C(CCCCCCCCC(=O)OC(C)C)C(=O)C[C@H]1O. The fourth-order valence-corrected chi connectivity index (χ4v) is 4.96. The van der Waals surface area contributed by atoms with Crippen LogP contribution in [0.5, 0.6) is 0 Å². The zero-order chi connectivity index (χ0) is 25.6. The molecular formula is C27H48F2O5. The van der Waals surface area contributed by atoms with E-state index in [4.69, 9.17) is 4.74 Å². The van der Waals surface area contributed by atoms with Crippen molar-refractivity contribution >= 4 is 11.8 Å². The average Bonchev–Trinajstić information content (AvgIpc) is 3.02. The smallest absolute Gasteiger partial charge is 0.306 e. The number of aliphatic hydroxyl groups is 2. The number of halogens is 2. The monoisotopic (exact) mass is 490 g/mol. The van der Waals surface area contributed by atoms with Gasteiger partial charge in [-0.05, 0) is 51.9 Å². The fourth-order valence-electron chi connectivity index (χ4n) is 4.96. The van der Waals surface area contributed by atoms with Crippen molar-refractivity contribution in [3.05, 3.63) is 0 Å². The number of ketones is 1. The van der Waals surface area contributed by atoms with Crippen molar-refractivity contribution in [2.75, 3.05) is 0 Å². The molecule has 200 valence electrons. The van der Waals surface area contributed by atoms with Crippen molar-refractivity contribution < 1.29 is 33.3 Å². The third-order valence-corrected chi connectivity index (χ3v) is 6.97. The van der Waals surface area contributed by atoms with Crippen molar-refractivity contribution in [1.29, 1.82) is 0 Å². The Morgan fingerprint density at radius 3 is 2.29 bits per heavy atom. The number of carbonyl (C=O) groups excluding carboxylic acids is 2. The van der Waals surface area contributed by atoms with Crippen LogP contribution in [0, 0.1) is 11.8 Å². The van der Waals surface area contributed by atoms with Gasteiger partial charge in [0.05, 0.1) is 12.2 Å². The van der Waals surface area contributed by atoms with E-state index in [1.165, 1.54) is 0 Å². The number of hydrogen-bond donors (Lipinski definition) is 2. The number of carbonyl (C=O) groups is 2. The Morgan fingerprint density at radius 2 is 1.65 bits per heavy atom. The molecule has 1 rings (SSSR count). The third-order valence-electron chi connectivity index (χ3n) is 6.97. The summed E-state index contributed by atoms with van der Waals surface area (Å²) < 4.78 is 33.6. The van der Waals surface area contributed by atoms with Crippen LogP contribution in [0.4, 0.5) is 8.78 Å². The fraction of sp³-hybridized carbons (Fsp3) is 0.926. The zero-order valence-electron chi connectivity index (χ0n) is 21.6. The first-order valence-electron chi connectivity index (χ1n) is 13.5. The summed E-state index contributed by atoms with van der Waals surface area (Å²) in [5, 5.41) is 20.4. The van der Waals surface area contributed by atoms with Crippen LogP contribution in [-0.2, 0) is 14.3 Å². The van der Waals surface area contributed by atoms with Gasteiger partial charge < -0.3 is 14.9 Å². The Hall–Kier alpha value is -1.08. The van der Waals surface area contributed by atoms with Gasteiger partial charge in [-0.2, -0.15) is 0 Å². The molecule has 0 aromatic carbocycles. The van der Waals surface area contributed by atoms with Gasteiger partial charge in [0.15, 0.2) is 0 Å². The van der Waals surface area contributed by atoms with Crippen molar-refractivity contribution in [2.24, 2.45) is 11.8 Å². The molecule has 0 aliphatic heterocycles. The number of ether oxygens (including phenoxy) is 1. The Morgan fingerprint density at radius 1 is 1.03 bits per heavy atom. The molecule has 0 amide bonds. The first-order chi connectivity index (χ1) is 16.1. The van der Waals surface area contributed by atoms with Gasteiger partial charge in [0, 0.05) is 25.2 Å². The Balaban J connectivity index is 2.30. The first-order valence-corrected chi connectivity index (χ1v) is 13.5. The zero-order valence-corrected chi connectivity index (χ0v) is 21.6. The minimum absolute atomic E-state index is 0.0157. The lowest BCUT2D eigenvalue weighted by Gasteiger charge is -2.26. The summed E-state index contributed by atoms with van der Waals surface area (Å²) in [5.41, 5.74) is 0. The van der Waals surface area contributed by atoms with E-state index in [-0.39, 0.29) is 55.4 Å². The van der Waals surface area contributed by atoms with Crippen LogP contribution >= 0.6 is 0 Å². The lowest BCUT2D eigenvalue weighted by Crippen LogP contribution is -2.34. The van der Waals surface area contributed by atoms with E-state index >= 15 is 0 Å². The maximum absolute atomic E-state index is 14.3. The Labute approximate surface area is 205 Å². The molecule has 0 aromatic heterocycles. The van der Waals surface area contributed by atoms with E-state index in [9.17, 15) is 28.6 Å². The van der Waals surface area contributed by atoms with Crippen LogP contribution < -0.4 is 0 Å². The van der Waals surface area contributed by atoms with Crippen molar-refractivity contribution in [2.45, 2.75) is 148 Å². The standard InChI is InChI=1S/C27H48F2O5/c1-4-5-6-13-18-27(28,29)25(32)17-16-22-21(23(30)19-24(22)31)14-11-9-7-8-10-12-15-26(33)34-20(2)3/h20-22,24-25,31-32H,4-19H2,1-3H3/t21?,22-,24-,25-/m1/s1. The molecule has 1 unspecified atom stereocenters. The van der Waals surface area contributed by atoms with Crippen LogP contribution in [-0.4, -0.2) is 46.2 Å². The van der Waals surface area contributed by atoms with Gasteiger partial charge in [-0.25, -0.2) is 8.78 Å². The second-order valence-corrected chi connectivity index (χ2v) is 10.4. The van der Waals surface area contributed by atoms with Crippen LogP contribution in [0.25, 0.3) is 0 Å². The second kappa shape index (κ2) is 16.6. The van der Waals surface area contributed by atoms with E-state index in [0.717, 1.165) is 57.8 Å². The summed E-state index contributed by atoms with van der Waals surface area (Å²) in [6.45, 7) is 5.69. The molecule has 1 saturated carbocycles. The number of unbranched alkanes of at least 4 members (excludes halogenated alkanes) is 8. The van der Waals surface area contributed by atoms with Gasteiger partial charge in [-0.15, -0.1) is 0 Å². The molecular weight excluding hydrogens is 442 g/mol. The van der Waals surface area contributed by atoms with Crippen molar-refractivity contribution in [3.8, 4) is 0 Å². The highest BCUT2D eigenvalue weighted by Gasteiger charge is 2.43. The molecule has 0 spiro atoms. The summed E-state index contributed by atoms with van der Waals surface area (Å²) in [6.07, 6.45) is 7.05. The molecule has 0 aromatic rings. The Bertz CT molecular complexity index is 581. The molecule has 5 nitrogen and oxygen atoms in total. The van der Waals surface area contributed by atoms with Crippen LogP contribution in [0.3, 0.4) is 0 Å². The van der Waals surface area contributed by atoms with Gasteiger partial charge in [0.2, 0.25) is 0 Å². The number of Topliss-reactive ketones (excluding diaryl/α,β-unsaturated/α-hetero) is 1. The first kappa shape index (κ1) is 31.0. The third kappa shape index (κ3) is 12.1. The minimum atomic E-state index is -3.12. The lowest BCUT2D eigenvalue weighted by molar-refractivity contribution is -0.147. The summed E-state index contributed by atoms with van der Waals surface area (Å²) in [7, 11) is 0. The number of rotatable bonds is 19. The van der Waals surface area contributed by atoms with Gasteiger partial charge in [0.25, 0.3) is 5.92 Å². The highest BCUT2D eigenvalue weighted by atomic mass is 19.3. The molecule has 34 heavy (non-hydrogen) atoms. The minimum Gasteiger partial charge on any atom is -0.463 e. The normalized spacial score (nSPS) is 21.9. The van der Waals surface area contributed by atoms with Gasteiger partial charge in [-0.3, -0.25) is 9.59 Å². The van der Waals surface area contributed by atoms with Crippen molar-refractivity contribution in [3.63, 3.8) is 0 Å². The lowest BCUT2D eigenvalue weighted by atomic mass is 9.84. The average molecular weight is 491 g/mol. The quantitative estimate of drug-likeness (QED) is 0.162. The van der Waals surface area contributed by atoms with E-state index < -0.39 is 18.1 Å². The van der Waals surface area contributed by atoms with Gasteiger partial charge in [0.1, 0.15) is 11.9 Å². The topological polar surface area (TPSA) is 83.8 Å². The molecule has 7 heteroatoms. The summed E-state index contributed by atoms with van der Waals surface area (Å²) in [4.78, 5) is 23.9. The molecule has 1 aliphatic rings. The second-order valence-electron chi connectivity index (χ2n) is 10.4. The largest absolute Gasteiger partial charge is 0.463 e. The van der Waals surface area contributed by atoms with Crippen LogP contribution in [0.15, 0.2) is 0 Å². The number of aliphatic hydroxyl groups excluding tert-OH is 2. The molecule has 0 radical (unpaired) electrons. The predicted molar refractivity (Wildman–Crippen MR) is 130 cm³/mol. The molecule has 0 heterocycles. The van der Waals surface area contributed by atoms with Gasteiger partial charge >= 0.3 is 5.97 Å². The molecule has 1 aliphatic carbocycles. The maximum atomic E-state index is 14.3. The number of alkyl halides is 2. The summed E-state index contributed by atoms with van der Waals surface area (Å²) >= 11 is 0. The van der Waals surface area contributed by atoms with E-state index in [1.807, 2.05) is 20.8 Å². The Kier molecular flexibility index (Phi) is 15.1. The maximum Gasteiger partial charge on any atom is 0.306 e. The van der Waals surface area contributed by atoms with E-state index in [1.54, 1.807) is 0 Å².